The second kappa shape index (κ2) is 6.02. The Labute approximate surface area is 104 Å². The number of nitriles is 1. The molecule has 0 N–H and O–H groups in total. The number of hydrogen-bond donors (Lipinski definition) is 0. The summed E-state index contributed by atoms with van der Waals surface area (Å²) in [4.78, 5) is 16.3. The van der Waals surface area contributed by atoms with Crippen molar-refractivity contribution >= 4 is 5.91 Å². The zero-order valence-corrected chi connectivity index (χ0v) is 11.3. The van der Waals surface area contributed by atoms with E-state index in [1.807, 2.05) is 11.8 Å². The summed E-state index contributed by atoms with van der Waals surface area (Å²) in [6.07, 6.45) is 0.892. The van der Waals surface area contributed by atoms with E-state index >= 15 is 0 Å². The lowest BCUT2D eigenvalue weighted by Crippen LogP contribution is -2.44. The molecule has 1 aliphatic rings. The molecule has 0 unspecified atom stereocenters. The normalized spacial score (nSPS) is 22.3. The van der Waals surface area contributed by atoms with E-state index in [1.165, 1.54) is 0 Å². The van der Waals surface area contributed by atoms with E-state index in [2.05, 4.69) is 31.7 Å². The van der Waals surface area contributed by atoms with Gasteiger partial charge in [-0.15, -0.1) is 0 Å². The van der Waals surface area contributed by atoms with Gasteiger partial charge in [0, 0.05) is 19.1 Å². The molecule has 1 aliphatic heterocycles. The van der Waals surface area contributed by atoms with Gasteiger partial charge in [-0.05, 0) is 33.7 Å². The van der Waals surface area contributed by atoms with Crippen molar-refractivity contribution in [3.8, 4) is 6.07 Å². The van der Waals surface area contributed by atoms with Gasteiger partial charge in [-0.2, -0.15) is 5.26 Å². The Morgan fingerprint density at radius 2 is 2.18 bits per heavy atom. The van der Waals surface area contributed by atoms with E-state index in [-0.39, 0.29) is 23.9 Å². The SMILES string of the molecule is CCN(C[C@@H](C)C#N)[C@@H]1CCN(C(C)C)C1=O. The van der Waals surface area contributed by atoms with Crippen molar-refractivity contribution in [1.82, 2.24) is 9.80 Å². The van der Waals surface area contributed by atoms with Gasteiger partial charge >= 0.3 is 0 Å². The molecule has 0 aliphatic carbocycles. The Morgan fingerprint density at radius 3 is 2.59 bits per heavy atom. The molecule has 0 saturated carbocycles. The first-order valence-electron chi connectivity index (χ1n) is 6.45. The zero-order valence-electron chi connectivity index (χ0n) is 11.3. The minimum atomic E-state index is -0.0177. The molecule has 0 bridgehead atoms. The van der Waals surface area contributed by atoms with E-state index in [9.17, 15) is 4.79 Å². The average Bonchev–Trinajstić information content (AvgIpc) is 2.67. The summed E-state index contributed by atoms with van der Waals surface area (Å²) in [5.74, 6) is 0.211. The quantitative estimate of drug-likeness (QED) is 0.727. The molecule has 1 fully saturated rings. The summed E-state index contributed by atoms with van der Waals surface area (Å²) in [7, 11) is 0. The van der Waals surface area contributed by atoms with Crippen molar-refractivity contribution in [3.63, 3.8) is 0 Å². The van der Waals surface area contributed by atoms with E-state index in [1.54, 1.807) is 0 Å². The van der Waals surface area contributed by atoms with Gasteiger partial charge in [-0.25, -0.2) is 0 Å². The number of likely N-dealkylation sites (tertiary alicyclic amines) is 1. The Morgan fingerprint density at radius 1 is 1.53 bits per heavy atom. The summed E-state index contributed by atoms with van der Waals surface area (Å²) >= 11 is 0. The molecule has 96 valence electrons. The van der Waals surface area contributed by atoms with Crippen LogP contribution in [0.1, 0.15) is 34.1 Å². The Hall–Kier alpha value is -1.08. The first-order chi connectivity index (χ1) is 8.01. The highest BCUT2D eigenvalue weighted by Crippen LogP contribution is 2.20. The van der Waals surface area contributed by atoms with Gasteiger partial charge < -0.3 is 4.90 Å². The van der Waals surface area contributed by atoms with Crippen LogP contribution in [-0.2, 0) is 4.79 Å². The van der Waals surface area contributed by atoms with Crippen LogP contribution in [0.5, 0.6) is 0 Å². The molecular formula is C13H23N3O. The van der Waals surface area contributed by atoms with Crippen LogP contribution in [0.4, 0.5) is 0 Å². The predicted octanol–water partition coefficient (Wildman–Crippen LogP) is 1.48. The van der Waals surface area contributed by atoms with Crippen molar-refractivity contribution in [1.29, 1.82) is 5.26 Å². The maximum atomic E-state index is 12.2. The van der Waals surface area contributed by atoms with E-state index in [0.29, 0.717) is 6.54 Å². The molecule has 1 saturated heterocycles. The highest BCUT2D eigenvalue weighted by atomic mass is 16.2. The first kappa shape index (κ1) is 14.0. The minimum absolute atomic E-state index is 0.0156. The summed E-state index contributed by atoms with van der Waals surface area (Å²) in [5.41, 5.74) is 0. The van der Waals surface area contributed by atoms with Crippen molar-refractivity contribution in [3.05, 3.63) is 0 Å². The Kier molecular flexibility index (Phi) is 4.95. The van der Waals surface area contributed by atoms with Crippen LogP contribution in [0.15, 0.2) is 0 Å². The number of hydrogen-bond acceptors (Lipinski definition) is 3. The molecule has 0 aromatic heterocycles. The third-order valence-corrected chi connectivity index (χ3v) is 3.41. The lowest BCUT2D eigenvalue weighted by atomic mass is 10.1. The summed E-state index contributed by atoms with van der Waals surface area (Å²) in [6.45, 7) is 10.4. The van der Waals surface area contributed by atoms with E-state index < -0.39 is 0 Å². The zero-order chi connectivity index (χ0) is 13.0. The number of nitrogens with zero attached hydrogens (tertiary/aromatic N) is 3. The summed E-state index contributed by atoms with van der Waals surface area (Å²) in [5, 5.41) is 8.86. The van der Waals surface area contributed by atoms with E-state index in [4.69, 9.17) is 5.26 Å². The van der Waals surface area contributed by atoms with Crippen LogP contribution in [0, 0.1) is 17.2 Å². The second-order valence-electron chi connectivity index (χ2n) is 5.05. The molecule has 0 aromatic rings. The van der Waals surface area contributed by atoms with Gasteiger partial charge in [-0.1, -0.05) is 6.92 Å². The number of rotatable bonds is 5. The molecular weight excluding hydrogens is 214 g/mol. The largest absolute Gasteiger partial charge is 0.339 e. The number of carbonyl (C=O) groups is 1. The smallest absolute Gasteiger partial charge is 0.240 e. The second-order valence-corrected chi connectivity index (χ2v) is 5.05. The van der Waals surface area contributed by atoms with Crippen molar-refractivity contribution < 1.29 is 4.79 Å². The van der Waals surface area contributed by atoms with Gasteiger partial charge in [0.05, 0.1) is 18.0 Å². The van der Waals surface area contributed by atoms with Crippen LogP contribution < -0.4 is 0 Å². The number of amides is 1. The fraction of sp³-hybridized carbons (Fsp3) is 0.846. The number of likely N-dealkylation sites (N-methyl/N-ethyl adjacent to an activating group) is 1. The number of carbonyl (C=O) groups excluding carboxylic acids is 1. The van der Waals surface area contributed by atoms with Gasteiger partial charge in [-0.3, -0.25) is 9.69 Å². The highest BCUT2D eigenvalue weighted by Gasteiger charge is 2.36. The lowest BCUT2D eigenvalue weighted by Gasteiger charge is -2.28. The topological polar surface area (TPSA) is 47.3 Å². The molecule has 1 amide bonds. The Balaban J connectivity index is 2.66. The third kappa shape index (κ3) is 3.19. The third-order valence-electron chi connectivity index (χ3n) is 3.41. The molecule has 1 rings (SSSR count). The predicted molar refractivity (Wildman–Crippen MR) is 67.3 cm³/mol. The maximum absolute atomic E-state index is 12.2. The van der Waals surface area contributed by atoms with E-state index in [0.717, 1.165) is 19.5 Å². The van der Waals surface area contributed by atoms with Crippen LogP contribution in [0.3, 0.4) is 0 Å². The van der Waals surface area contributed by atoms with Gasteiger partial charge in [0.1, 0.15) is 0 Å². The van der Waals surface area contributed by atoms with Crippen molar-refractivity contribution in [2.45, 2.75) is 46.2 Å². The van der Waals surface area contributed by atoms with Crippen LogP contribution in [0.2, 0.25) is 0 Å². The summed E-state index contributed by atoms with van der Waals surface area (Å²) in [6, 6.07) is 2.50. The maximum Gasteiger partial charge on any atom is 0.240 e. The molecule has 4 heteroatoms. The average molecular weight is 237 g/mol. The monoisotopic (exact) mass is 237 g/mol. The molecule has 4 nitrogen and oxygen atoms in total. The fourth-order valence-electron chi connectivity index (χ4n) is 2.41. The minimum Gasteiger partial charge on any atom is -0.339 e. The van der Waals surface area contributed by atoms with Gasteiger partial charge in [0.2, 0.25) is 5.91 Å². The van der Waals surface area contributed by atoms with Crippen LogP contribution >= 0.6 is 0 Å². The fourth-order valence-corrected chi connectivity index (χ4v) is 2.41. The summed E-state index contributed by atoms with van der Waals surface area (Å²) < 4.78 is 0. The molecule has 2 atom stereocenters. The Bertz CT molecular complexity index is 308. The molecule has 1 heterocycles. The molecule has 17 heavy (non-hydrogen) atoms. The van der Waals surface area contributed by atoms with Crippen LogP contribution in [-0.4, -0.2) is 47.4 Å². The lowest BCUT2D eigenvalue weighted by molar-refractivity contribution is -0.133. The highest BCUT2D eigenvalue weighted by molar-refractivity contribution is 5.84. The van der Waals surface area contributed by atoms with Gasteiger partial charge in [0.25, 0.3) is 0 Å². The molecule has 0 spiro atoms. The molecule has 0 aromatic carbocycles. The first-order valence-corrected chi connectivity index (χ1v) is 6.45. The van der Waals surface area contributed by atoms with Crippen molar-refractivity contribution in [2.75, 3.05) is 19.6 Å². The van der Waals surface area contributed by atoms with Gasteiger partial charge in [0.15, 0.2) is 0 Å². The standard InChI is InChI=1S/C13H23N3O/c1-5-15(9-11(4)8-14)12-6-7-16(10(2)3)13(12)17/h10-12H,5-7,9H2,1-4H3/t11-,12+/m0/s1. The van der Waals surface area contributed by atoms with Crippen molar-refractivity contribution in [2.24, 2.45) is 5.92 Å². The van der Waals surface area contributed by atoms with Crippen LogP contribution in [0.25, 0.3) is 0 Å². The molecule has 0 radical (unpaired) electrons.